The molecule has 2 bridgehead atoms. The molecule has 2 aromatic carbocycles. The van der Waals surface area contributed by atoms with Crippen LogP contribution in [0.15, 0.2) is 36.4 Å². The first-order valence-corrected chi connectivity index (χ1v) is 19.3. The van der Waals surface area contributed by atoms with Crippen molar-refractivity contribution in [1.82, 2.24) is 10.0 Å². The molecule has 2 aromatic rings. The molecule has 0 spiro atoms. The zero-order valence-electron chi connectivity index (χ0n) is 27.9. The van der Waals surface area contributed by atoms with E-state index in [2.05, 4.69) is 14.9 Å². The maximum atomic E-state index is 13.5. The normalized spacial score (nSPS) is 32.0. The van der Waals surface area contributed by atoms with Crippen LogP contribution in [0.5, 0.6) is 5.75 Å². The summed E-state index contributed by atoms with van der Waals surface area (Å²) >= 11 is 6.37. The third-order valence-corrected chi connectivity index (χ3v) is 13.3. The summed E-state index contributed by atoms with van der Waals surface area (Å²) in [5, 5.41) is 3.26. The minimum atomic E-state index is -3.90. The van der Waals surface area contributed by atoms with E-state index in [1.54, 1.807) is 13.0 Å². The van der Waals surface area contributed by atoms with Crippen molar-refractivity contribution in [3.8, 4) is 5.75 Å². The van der Waals surface area contributed by atoms with Gasteiger partial charge in [-0.15, -0.1) is 0 Å². The topological polar surface area (TPSA) is 106 Å². The van der Waals surface area contributed by atoms with E-state index in [4.69, 9.17) is 25.8 Å². The van der Waals surface area contributed by atoms with Crippen molar-refractivity contribution in [2.45, 2.75) is 89.4 Å². The van der Waals surface area contributed by atoms with Crippen molar-refractivity contribution in [2.75, 3.05) is 38.3 Å². The number of carbonyl (C=O) groups is 1. The summed E-state index contributed by atoms with van der Waals surface area (Å²) in [7, 11) is -1.97. The molecule has 0 unspecified atom stereocenters. The number of anilines is 1. The first kappa shape index (κ1) is 34.5. The number of nitrogens with zero attached hydrogens (tertiary/aromatic N) is 1. The van der Waals surface area contributed by atoms with Crippen molar-refractivity contribution in [2.24, 2.45) is 23.7 Å². The highest BCUT2D eigenvalue weighted by Gasteiger charge is 2.43. The maximum absolute atomic E-state index is 13.5. The van der Waals surface area contributed by atoms with E-state index in [-0.39, 0.29) is 24.2 Å². The smallest absolute Gasteiger partial charge is 0.264 e. The molecule has 1 amide bonds. The lowest BCUT2D eigenvalue weighted by atomic mass is 9.65. The lowest BCUT2D eigenvalue weighted by Gasteiger charge is -2.48. The molecule has 258 valence electrons. The summed E-state index contributed by atoms with van der Waals surface area (Å²) in [6.07, 6.45) is 7.33. The van der Waals surface area contributed by atoms with Crippen LogP contribution in [0, 0.1) is 23.7 Å². The number of fused-ring (bicyclic) bond motifs is 3. The number of amides is 1. The van der Waals surface area contributed by atoms with Gasteiger partial charge >= 0.3 is 0 Å². The molecule has 11 heteroatoms. The first-order chi connectivity index (χ1) is 22.6. The van der Waals surface area contributed by atoms with E-state index < -0.39 is 21.2 Å². The summed E-state index contributed by atoms with van der Waals surface area (Å²) in [4.78, 5) is 15.9. The Hall–Kier alpha value is -2.37. The van der Waals surface area contributed by atoms with Crippen LogP contribution >= 0.6 is 11.6 Å². The monoisotopic (exact) mass is 687 g/mol. The number of ether oxygens (including phenoxy) is 3. The predicted molar refractivity (Wildman–Crippen MR) is 184 cm³/mol. The van der Waals surface area contributed by atoms with Gasteiger partial charge in [-0.2, -0.15) is 0 Å². The van der Waals surface area contributed by atoms with Crippen molar-refractivity contribution < 1.29 is 27.4 Å². The Morgan fingerprint density at radius 1 is 0.936 bits per heavy atom. The van der Waals surface area contributed by atoms with Gasteiger partial charge in [0.2, 0.25) is 10.0 Å². The van der Waals surface area contributed by atoms with E-state index in [1.807, 2.05) is 44.3 Å². The Labute approximate surface area is 285 Å². The number of halogens is 1. The fourth-order valence-corrected chi connectivity index (χ4v) is 9.23. The van der Waals surface area contributed by atoms with Crippen LogP contribution in [0.3, 0.4) is 0 Å². The van der Waals surface area contributed by atoms with Gasteiger partial charge in [-0.05, 0) is 118 Å². The Bertz CT molecular complexity index is 1510. The van der Waals surface area contributed by atoms with Crippen LogP contribution in [-0.2, 0) is 32.5 Å². The third-order valence-electron chi connectivity index (χ3n) is 11.1. The second-order valence-electron chi connectivity index (χ2n) is 14.1. The predicted octanol–water partition coefficient (Wildman–Crippen LogP) is 5.93. The number of carbonyl (C=O) groups excluding carboxylic acids is 1. The number of likely N-dealkylation sites (N-methyl/N-ethyl adjacent to an activating group) is 1. The molecule has 0 aromatic heterocycles. The molecule has 3 aliphatic heterocycles. The first-order valence-electron chi connectivity index (χ1n) is 17.4. The zero-order chi connectivity index (χ0) is 33.1. The standard InChI is InChI=1S/C36H50ClN3O6S/c1-23-7-6-9-32(36-45-21-30(38-3)22-46-36)31-14-11-27(31)19-40-16-5-4-8-25-17-29(37)13-10-28(25)20-44-34-15-12-26(18-33(34)40)35(41)39-47(42,43)24(23)2/h10,12-13,15,17-18,23-24,27,30-32,36,38H,4-9,11,14,16,19-22H2,1-3H3,(H,39,41)/t23-,24+,27-,30-,31+,32-,36+/m0/s1. The van der Waals surface area contributed by atoms with Gasteiger partial charge in [0, 0.05) is 29.6 Å². The molecule has 3 heterocycles. The average molecular weight is 688 g/mol. The summed E-state index contributed by atoms with van der Waals surface area (Å²) in [6.45, 7) is 6.88. The van der Waals surface area contributed by atoms with Crippen LogP contribution in [0.1, 0.15) is 80.3 Å². The maximum Gasteiger partial charge on any atom is 0.264 e. The number of hydrogen-bond acceptors (Lipinski definition) is 8. The highest BCUT2D eigenvalue weighted by Crippen LogP contribution is 2.46. The molecule has 1 saturated carbocycles. The molecule has 0 radical (unpaired) electrons. The molecule has 2 fully saturated rings. The number of sulfonamides is 1. The molecule has 5 atom stereocenters. The second-order valence-corrected chi connectivity index (χ2v) is 16.5. The molecule has 9 nitrogen and oxygen atoms in total. The summed E-state index contributed by atoms with van der Waals surface area (Å²) < 4.78 is 48.4. The van der Waals surface area contributed by atoms with E-state index in [0.717, 1.165) is 80.7 Å². The van der Waals surface area contributed by atoms with Crippen LogP contribution in [0.25, 0.3) is 0 Å². The van der Waals surface area contributed by atoms with Gasteiger partial charge in [-0.1, -0.05) is 31.0 Å². The van der Waals surface area contributed by atoms with Gasteiger partial charge < -0.3 is 24.4 Å². The molecular weight excluding hydrogens is 638 g/mol. The van der Waals surface area contributed by atoms with Gasteiger partial charge in [0.1, 0.15) is 12.4 Å². The van der Waals surface area contributed by atoms with Crippen molar-refractivity contribution >= 4 is 33.2 Å². The SMILES string of the molecule is CN[C@H]1CO[C@@H]([C@H]2CCC[C@H](C)[C@@H](C)S(=O)(=O)NC(=O)c3ccc4c(c3)N(CCCCc3cc(Cl)ccc3CO4)C[C@@H]3CC[C@H]32)OC1. The van der Waals surface area contributed by atoms with Gasteiger partial charge in [0.05, 0.1) is 30.2 Å². The second kappa shape index (κ2) is 15.0. The van der Waals surface area contributed by atoms with Crippen LogP contribution in [-0.4, -0.2) is 65.3 Å². The number of hydrogen-bond donors (Lipinski definition) is 2. The minimum absolute atomic E-state index is 0.123. The third kappa shape index (κ3) is 7.93. The van der Waals surface area contributed by atoms with E-state index in [0.29, 0.717) is 43.0 Å². The average Bonchev–Trinajstić information content (AvgIpc) is 3.08. The molecular formula is C36H50ClN3O6S. The lowest BCUT2D eigenvalue weighted by Crippen LogP contribution is -2.50. The quantitative estimate of drug-likeness (QED) is 0.400. The summed E-state index contributed by atoms with van der Waals surface area (Å²) in [5.74, 6) is 1.03. The van der Waals surface area contributed by atoms with Crippen LogP contribution < -0.4 is 19.7 Å². The van der Waals surface area contributed by atoms with Crippen molar-refractivity contribution in [1.29, 1.82) is 0 Å². The van der Waals surface area contributed by atoms with Gasteiger partial charge in [0.15, 0.2) is 6.29 Å². The van der Waals surface area contributed by atoms with Crippen molar-refractivity contribution in [3.05, 3.63) is 58.1 Å². The van der Waals surface area contributed by atoms with Crippen LogP contribution in [0.4, 0.5) is 5.69 Å². The fourth-order valence-electron chi connectivity index (χ4n) is 7.73. The number of rotatable bonds is 2. The molecule has 2 N–H and O–H groups in total. The Morgan fingerprint density at radius 2 is 1.74 bits per heavy atom. The number of benzene rings is 2. The Kier molecular flexibility index (Phi) is 11.0. The van der Waals surface area contributed by atoms with Gasteiger partial charge in [-0.3, -0.25) is 4.79 Å². The molecule has 4 aliphatic rings. The fraction of sp³-hybridized carbons (Fsp3) is 0.639. The molecule has 6 rings (SSSR count). The van der Waals surface area contributed by atoms with Crippen LogP contribution in [0.2, 0.25) is 5.02 Å². The van der Waals surface area contributed by atoms with E-state index in [9.17, 15) is 13.2 Å². The Balaban J connectivity index is 1.35. The molecule has 1 saturated heterocycles. The summed E-state index contributed by atoms with van der Waals surface area (Å²) in [6, 6.07) is 11.4. The van der Waals surface area contributed by atoms with Gasteiger partial charge in [0.25, 0.3) is 5.91 Å². The Morgan fingerprint density at radius 3 is 2.49 bits per heavy atom. The number of aryl methyl sites for hydroxylation is 1. The largest absolute Gasteiger partial charge is 0.487 e. The number of nitrogens with one attached hydrogen (secondary N) is 2. The van der Waals surface area contributed by atoms with Crippen molar-refractivity contribution in [3.63, 3.8) is 0 Å². The molecule has 1 aliphatic carbocycles. The lowest BCUT2D eigenvalue weighted by molar-refractivity contribution is -0.231. The van der Waals surface area contributed by atoms with E-state index >= 15 is 0 Å². The zero-order valence-corrected chi connectivity index (χ0v) is 29.5. The van der Waals surface area contributed by atoms with Gasteiger partial charge in [-0.25, -0.2) is 13.1 Å². The summed E-state index contributed by atoms with van der Waals surface area (Å²) in [5.41, 5.74) is 3.41. The molecule has 47 heavy (non-hydrogen) atoms. The van der Waals surface area contributed by atoms with E-state index in [1.165, 1.54) is 5.56 Å². The minimum Gasteiger partial charge on any atom is -0.487 e. The highest BCUT2D eigenvalue weighted by atomic mass is 35.5. The highest BCUT2D eigenvalue weighted by molar-refractivity contribution is 7.90.